The highest BCUT2D eigenvalue weighted by Gasteiger charge is 2.27. The molecule has 4 rings (SSSR count). The smallest absolute Gasteiger partial charge is 0.255 e. The minimum atomic E-state index is -0.282. The highest BCUT2D eigenvalue weighted by molar-refractivity contribution is 6.30. The van der Waals surface area contributed by atoms with E-state index in [4.69, 9.17) is 16.3 Å². The average Bonchev–Trinajstić information content (AvgIpc) is 2.76. The highest BCUT2D eigenvalue weighted by Crippen LogP contribution is 2.23. The van der Waals surface area contributed by atoms with Crippen molar-refractivity contribution in [2.24, 2.45) is 7.05 Å². The Morgan fingerprint density at radius 1 is 1.20 bits per heavy atom. The number of ether oxygens (including phenoxy) is 1. The third-order valence-electron chi connectivity index (χ3n) is 5.16. The molecule has 1 amide bonds. The molecule has 1 aliphatic heterocycles. The van der Waals surface area contributed by atoms with Gasteiger partial charge in [0.1, 0.15) is 6.10 Å². The summed E-state index contributed by atoms with van der Waals surface area (Å²) in [6.07, 6.45) is 3.87. The van der Waals surface area contributed by atoms with Gasteiger partial charge in [-0.1, -0.05) is 29.8 Å². The maximum atomic E-state index is 12.8. The molecular formula is C23H22ClN3O3. The number of pyridine rings is 2. The van der Waals surface area contributed by atoms with Crippen LogP contribution in [0.3, 0.4) is 0 Å². The lowest BCUT2D eigenvalue weighted by atomic mass is 10.1. The molecule has 3 heterocycles. The van der Waals surface area contributed by atoms with Gasteiger partial charge in [-0.2, -0.15) is 0 Å². The minimum absolute atomic E-state index is 0.114. The first-order valence-corrected chi connectivity index (χ1v) is 10.1. The topological polar surface area (TPSA) is 64.4 Å². The summed E-state index contributed by atoms with van der Waals surface area (Å²) in [5.74, 6) is -0.114. The van der Waals surface area contributed by atoms with Gasteiger partial charge in [-0.3, -0.25) is 14.6 Å². The zero-order valence-electron chi connectivity index (χ0n) is 16.6. The first-order chi connectivity index (χ1) is 14.5. The Labute approximate surface area is 179 Å². The van der Waals surface area contributed by atoms with E-state index < -0.39 is 0 Å². The number of carbonyl (C=O) groups excluding carboxylic acids is 1. The highest BCUT2D eigenvalue weighted by atomic mass is 35.5. The maximum Gasteiger partial charge on any atom is 0.255 e. The molecule has 3 aromatic rings. The third kappa shape index (κ3) is 4.61. The fraction of sp³-hybridized carbons (Fsp3) is 0.261. The summed E-state index contributed by atoms with van der Waals surface area (Å²) in [4.78, 5) is 30.7. The fourth-order valence-corrected chi connectivity index (χ4v) is 3.74. The summed E-state index contributed by atoms with van der Waals surface area (Å²) in [6.45, 7) is 1.36. The molecule has 0 N–H and O–H groups in total. The van der Waals surface area contributed by atoms with Crippen LogP contribution in [0.5, 0.6) is 0 Å². The van der Waals surface area contributed by atoms with E-state index in [0.717, 1.165) is 28.3 Å². The molecule has 1 unspecified atom stereocenters. The summed E-state index contributed by atoms with van der Waals surface area (Å²) in [6, 6.07) is 14.7. The largest absolute Gasteiger partial charge is 0.368 e. The first-order valence-electron chi connectivity index (χ1n) is 9.76. The Hall–Kier alpha value is -2.96. The number of nitrogens with zero attached hydrogens (tertiary/aromatic N) is 3. The molecule has 1 aliphatic rings. The molecule has 30 heavy (non-hydrogen) atoms. The molecule has 0 radical (unpaired) electrons. The molecule has 2 aromatic heterocycles. The molecular weight excluding hydrogens is 402 g/mol. The van der Waals surface area contributed by atoms with E-state index in [0.29, 0.717) is 25.3 Å². The van der Waals surface area contributed by atoms with Crippen LogP contribution < -0.4 is 5.56 Å². The third-order valence-corrected chi connectivity index (χ3v) is 5.40. The van der Waals surface area contributed by atoms with Gasteiger partial charge in [0.15, 0.2) is 0 Å². The molecule has 7 heteroatoms. The summed E-state index contributed by atoms with van der Waals surface area (Å²) in [5, 5.41) is 0.718. The lowest BCUT2D eigenvalue weighted by Crippen LogP contribution is -2.42. The van der Waals surface area contributed by atoms with Crippen molar-refractivity contribution < 1.29 is 9.53 Å². The lowest BCUT2D eigenvalue weighted by molar-refractivity contribution is -0.0247. The van der Waals surface area contributed by atoms with Gasteiger partial charge < -0.3 is 14.2 Å². The van der Waals surface area contributed by atoms with Gasteiger partial charge >= 0.3 is 0 Å². The van der Waals surface area contributed by atoms with Gasteiger partial charge in [0, 0.05) is 37.1 Å². The first kappa shape index (κ1) is 20.3. The van der Waals surface area contributed by atoms with Crippen LogP contribution in [-0.2, 0) is 18.2 Å². The number of rotatable bonds is 4. The maximum absolute atomic E-state index is 12.8. The van der Waals surface area contributed by atoms with E-state index >= 15 is 0 Å². The van der Waals surface area contributed by atoms with Crippen LogP contribution in [0.15, 0.2) is 65.7 Å². The second kappa shape index (κ2) is 8.81. The van der Waals surface area contributed by atoms with Crippen LogP contribution in [0, 0.1) is 0 Å². The van der Waals surface area contributed by atoms with Crippen molar-refractivity contribution in [2.75, 3.05) is 19.7 Å². The van der Waals surface area contributed by atoms with Gasteiger partial charge in [-0.15, -0.1) is 0 Å². The summed E-state index contributed by atoms with van der Waals surface area (Å²) < 4.78 is 7.28. The number of benzene rings is 1. The van der Waals surface area contributed by atoms with E-state index in [-0.39, 0.29) is 17.6 Å². The van der Waals surface area contributed by atoms with Gasteiger partial charge in [0.2, 0.25) is 5.56 Å². The van der Waals surface area contributed by atoms with E-state index in [1.165, 1.54) is 10.6 Å². The average molecular weight is 424 g/mol. The van der Waals surface area contributed by atoms with Crippen molar-refractivity contribution in [1.29, 1.82) is 0 Å². The number of hydrogen-bond donors (Lipinski definition) is 0. The molecule has 0 saturated carbocycles. The Kier molecular flexibility index (Phi) is 5.97. The van der Waals surface area contributed by atoms with Crippen LogP contribution >= 0.6 is 11.6 Å². The van der Waals surface area contributed by atoms with Crippen LogP contribution in [0.2, 0.25) is 5.02 Å². The van der Waals surface area contributed by atoms with E-state index in [2.05, 4.69) is 4.98 Å². The monoisotopic (exact) mass is 423 g/mol. The standard InChI is InChI=1S/C23H22ClN3O3/c1-26-14-18(6-8-22(26)28)23(29)27-9-10-30-21(15-27)20-7-5-17(13-25-20)11-16-3-2-4-19(24)12-16/h2-8,12-14,21H,9-11,15H2,1H3. The number of hydrogen-bond acceptors (Lipinski definition) is 4. The number of morpholine rings is 1. The fourth-order valence-electron chi connectivity index (χ4n) is 3.53. The molecule has 0 bridgehead atoms. The van der Waals surface area contributed by atoms with Gasteiger partial charge in [-0.25, -0.2) is 0 Å². The van der Waals surface area contributed by atoms with Crippen LogP contribution in [0.1, 0.15) is 33.3 Å². The van der Waals surface area contributed by atoms with E-state index in [1.54, 1.807) is 24.2 Å². The molecule has 1 fully saturated rings. The van der Waals surface area contributed by atoms with Crippen molar-refractivity contribution in [3.05, 3.63) is 98.7 Å². The van der Waals surface area contributed by atoms with Crippen LogP contribution in [-0.4, -0.2) is 40.1 Å². The zero-order chi connectivity index (χ0) is 21.1. The number of halogens is 1. The molecule has 1 saturated heterocycles. The Balaban J connectivity index is 1.44. The molecule has 1 aromatic carbocycles. The molecule has 1 atom stereocenters. The zero-order valence-corrected chi connectivity index (χ0v) is 17.4. The summed E-state index contributed by atoms with van der Waals surface area (Å²) in [7, 11) is 1.64. The molecule has 0 spiro atoms. The van der Waals surface area contributed by atoms with Crippen molar-refractivity contribution >= 4 is 17.5 Å². The van der Waals surface area contributed by atoms with Gasteiger partial charge in [-0.05, 0) is 41.8 Å². The van der Waals surface area contributed by atoms with Crippen molar-refractivity contribution in [2.45, 2.75) is 12.5 Å². The molecule has 0 aliphatic carbocycles. The predicted molar refractivity (Wildman–Crippen MR) is 115 cm³/mol. The van der Waals surface area contributed by atoms with Crippen LogP contribution in [0.25, 0.3) is 0 Å². The predicted octanol–water partition coefficient (Wildman–Crippen LogP) is 3.24. The van der Waals surface area contributed by atoms with Crippen molar-refractivity contribution in [3.63, 3.8) is 0 Å². The van der Waals surface area contributed by atoms with Gasteiger partial charge in [0.25, 0.3) is 5.91 Å². The molecule has 6 nitrogen and oxygen atoms in total. The normalized spacial score (nSPS) is 16.5. The van der Waals surface area contributed by atoms with Crippen molar-refractivity contribution in [3.8, 4) is 0 Å². The van der Waals surface area contributed by atoms with Crippen LogP contribution in [0.4, 0.5) is 0 Å². The molecule has 154 valence electrons. The second-order valence-corrected chi connectivity index (χ2v) is 7.81. The Morgan fingerprint density at radius 3 is 2.80 bits per heavy atom. The summed E-state index contributed by atoms with van der Waals surface area (Å²) >= 11 is 6.06. The number of carbonyl (C=O) groups is 1. The summed E-state index contributed by atoms with van der Waals surface area (Å²) in [5.41, 5.74) is 3.34. The quantitative estimate of drug-likeness (QED) is 0.646. The lowest BCUT2D eigenvalue weighted by Gasteiger charge is -2.32. The Bertz CT molecular complexity index is 1110. The van der Waals surface area contributed by atoms with Crippen molar-refractivity contribution in [1.82, 2.24) is 14.5 Å². The second-order valence-electron chi connectivity index (χ2n) is 7.38. The number of aryl methyl sites for hydroxylation is 1. The SMILES string of the molecule is Cn1cc(C(=O)N2CCOC(c3ccc(Cc4cccc(Cl)c4)cn3)C2)ccc1=O. The van der Waals surface area contributed by atoms with Gasteiger partial charge in [0.05, 0.1) is 24.4 Å². The Morgan fingerprint density at radius 2 is 2.07 bits per heavy atom. The number of amides is 1. The van der Waals surface area contributed by atoms with E-state index in [1.807, 2.05) is 42.6 Å². The number of aromatic nitrogens is 2. The minimum Gasteiger partial charge on any atom is -0.368 e. The van der Waals surface area contributed by atoms with E-state index in [9.17, 15) is 9.59 Å².